The van der Waals surface area contributed by atoms with Crippen LogP contribution >= 0.6 is 23.4 Å². The molecular weight excluding hydrogens is 1220 g/mol. The number of nitrogens with two attached hydrogens (primary N) is 1. The number of halogens is 1. The number of likely N-dealkylation sites (tertiary alicyclic amines) is 1. The van der Waals surface area contributed by atoms with Crippen molar-refractivity contribution in [1.29, 1.82) is 0 Å². The minimum absolute atomic E-state index is 0.0700. The summed E-state index contributed by atoms with van der Waals surface area (Å²) in [7, 11) is 1.42. The molecule has 504 valence electrons. The molecule has 1 unspecified atom stereocenters. The number of amides is 11. The molecule has 1 saturated heterocycles. The van der Waals surface area contributed by atoms with Gasteiger partial charge < -0.3 is 67.2 Å². The first kappa shape index (κ1) is 79.0. The van der Waals surface area contributed by atoms with Crippen LogP contribution < -0.4 is 48.3 Å². The molecule has 10 N–H and O–H groups in total. The number of carbonyl (C=O) groups is 11. The fraction of sp³-hybridized carbons (Fsp3) is 0.547. The van der Waals surface area contributed by atoms with Crippen LogP contribution in [0.4, 0.5) is 14.4 Å². The molecule has 0 aromatic rings. The number of unbranched alkanes of at least 4 members (excludes halogenated alkanes) is 2. The minimum atomic E-state index is -1.08. The first-order chi connectivity index (χ1) is 43.1. The number of ether oxygens (including phenoxy) is 4. The van der Waals surface area contributed by atoms with Gasteiger partial charge in [-0.15, -0.1) is 0 Å². The maximum atomic E-state index is 13.6. The quantitative estimate of drug-likeness (QED) is 0.00773. The molecule has 25 nitrogen and oxygen atoms in total. The number of esters is 1. The van der Waals surface area contributed by atoms with E-state index in [0.717, 1.165) is 5.57 Å². The van der Waals surface area contributed by atoms with Crippen LogP contribution in [0, 0.1) is 17.3 Å². The van der Waals surface area contributed by atoms with Gasteiger partial charge in [0.15, 0.2) is 5.76 Å². The van der Waals surface area contributed by atoms with Crippen molar-refractivity contribution in [2.24, 2.45) is 23.0 Å². The molecular formula is C64H95ClN10O15S. The van der Waals surface area contributed by atoms with E-state index in [9.17, 15) is 52.7 Å². The topological polar surface area (TPSA) is 350 Å². The first-order valence-electron chi connectivity index (χ1n) is 30.3. The molecule has 2 heterocycles. The molecule has 2 rings (SSSR count). The van der Waals surface area contributed by atoms with Crippen molar-refractivity contribution in [3.63, 3.8) is 0 Å². The lowest BCUT2D eigenvalue weighted by molar-refractivity contribution is -0.151. The summed E-state index contributed by atoms with van der Waals surface area (Å²) in [6.07, 6.45) is 23.4. The van der Waals surface area contributed by atoms with Crippen molar-refractivity contribution < 1.29 is 71.7 Å². The van der Waals surface area contributed by atoms with Crippen LogP contribution in [0.3, 0.4) is 0 Å². The monoisotopic (exact) mass is 1310 g/mol. The van der Waals surface area contributed by atoms with E-state index in [4.69, 9.17) is 36.3 Å². The SMILES string of the molecule is C=C/C(=C\C=C\NC(=O)[C@H](CCCNC(N)=O)NC(=O)[C@@H](NC(=O)CCCCCN1C(=O)CC(SC)C1=O)C(C)C)COC(=O)NCCCNC(=O)O[C@H](C/C=C\NC(=O)[C@@H](NC(=O)\C=C/C=C\C(C)=C\[C@H](C)[C@@H]1CC=C(OC)C(=O)O1)C(C)(C)C)C/C=C(\C)Cl. The number of allylic oxidation sites excluding steroid dienone is 7. The van der Waals surface area contributed by atoms with E-state index < -0.39 is 77.5 Å². The zero-order valence-electron chi connectivity index (χ0n) is 54.1. The first-order valence-corrected chi connectivity index (χ1v) is 32.0. The van der Waals surface area contributed by atoms with E-state index in [1.54, 1.807) is 57.4 Å². The highest BCUT2D eigenvalue weighted by Crippen LogP contribution is 2.25. The number of primary amides is 1. The second-order valence-corrected chi connectivity index (χ2v) is 24.6. The molecule has 27 heteroatoms. The number of hydrogen-bond acceptors (Lipinski definition) is 16. The second kappa shape index (κ2) is 42.8. The van der Waals surface area contributed by atoms with Gasteiger partial charge in [0.05, 0.1) is 12.4 Å². The number of hydrogen-bond donors (Lipinski definition) is 9. The van der Waals surface area contributed by atoms with Gasteiger partial charge in [-0.2, -0.15) is 11.8 Å². The van der Waals surface area contributed by atoms with E-state index in [1.165, 1.54) is 60.5 Å². The zero-order valence-corrected chi connectivity index (χ0v) is 55.7. The lowest BCUT2D eigenvalue weighted by Gasteiger charge is -2.29. The van der Waals surface area contributed by atoms with E-state index in [0.29, 0.717) is 42.7 Å². The van der Waals surface area contributed by atoms with Gasteiger partial charge in [0, 0.05) is 81.5 Å². The Morgan fingerprint density at radius 3 is 2.15 bits per heavy atom. The largest absolute Gasteiger partial charge is 0.490 e. The van der Waals surface area contributed by atoms with Crippen molar-refractivity contribution in [2.75, 3.05) is 46.2 Å². The Morgan fingerprint density at radius 1 is 0.846 bits per heavy atom. The maximum absolute atomic E-state index is 13.6. The van der Waals surface area contributed by atoms with Crippen LogP contribution in [0.2, 0.25) is 0 Å². The Labute approximate surface area is 544 Å². The molecule has 0 saturated carbocycles. The van der Waals surface area contributed by atoms with Crippen LogP contribution in [0.25, 0.3) is 0 Å². The summed E-state index contributed by atoms with van der Waals surface area (Å²) in [5.41, 5.74) is 5.87. The van der Waals surface area contributed by atoms with Crippen LogP contribution in [-0.2, 0) is 57.3 Å². The van der Waals surface area contributed by atoms with Crippen LogP contribution in [0.1, 0.15) is 126 Å². The predicted molar refractivity (Wildman–Crippen MR) is 349 cm³/mol. The molecule has 2 aliphatic rings. The third kappa shape index (κ3) is 32.4. The molecule has 0 radical (unpaired) electrons. The van der Waals surface area contributed by atoms with Gasteiger partial charge in [-0.3, -0.25) is 38.5 Å². The van der Waals surface area contributed by atoms with Crippen molar-refractivity contribution in [3.8, 4) is 0 Å². The number of thioether (sulfide) groups is 1. The number of urea groups is 1. The Bertz CT molecular complexity index is 2770. The van der Waals surface area contributed by atoms with Gasteiger partial charge in [0.25, 0.3) is 0 Å². The molecule has 0 spiro atoms. The highest BCUT2D eigenvalue weighted by Gasteiger charge is 2.38. The van der Waals surface area contributed by atoms with Crippen molar-refractivity contribution >= 4 is 88.9 Å². The number of imide groups is 1. The van der Waals surface area contributed by atoms with E-state index >= 15 is 0 Å². The fourth-order valence-corrected chi connectivity index (χ4v) is 9.56. The normalized spacial score (nSPS) is 17.4. The molecule has 0 aromatic heterocycles. The van der Waals surface area contributed by atoms with E-state index in [2.05, 4.69) is 49.1 Å². The number of methoxy groups -OCH3 is 1. The third-order valence-electron chi connectivity index (χ3n) is 13.9. The minimum Gasteiger partial charge on any atom is -0.490 e. The summed E-state index contributed by atoms with van der Waals surface area (Å²) in [6.45, 7) is 18.7. The second-order valence-electron chi connectivity index (χ2n) is 23.0. The lowest BCUT2D eigenvalue weighted by Crippen LogP contribution is -2.55. The number of rotatable bonds is 39. The van der Waals surface area contributed by atoms with Crippen LogP contribution in [0.5, 0.6) is 0 Å². The predicted octanol–water partition coefficient (Wildman–Crippen LogP) is 6.69. The number of carbonyl (C=O) groups excluding carboxylic acids is 11. The van der Waals surface area contributed by atoms with Crippen molar-refractivity contribution in [1.82, 2.24) is 47.4 Å². The van der Waals surface area contributed by atoms with Gasteiger partial charge in [0.2, 0.25) is 41.4 Å². The van der Waals surface area contributed by atoms with Gasteiger partial charge in [0.1, 0.15) is 36.9 Å². The average Bonchev–Trinajstić information content (AvgIpc) is 2.12. The molecule has 11 amide bonds. The third-order valence-corrected chi connectivity index (χ3v) is 15.0. The Balaban J connectivity index is 1.84. The summed E-state index contributed by atoms with van der Waals surface area (Å²) in [4.78, 5) is 141. The maximum Gasteiger partial charge on any atom is 0.407 e. The summed E-state index contributed by atoms with van der Waals surface area (Å²) in [5, 5.41) is 21.4. The highest BCUT2D eigenvalue weighted by atomic mass is 35.5. The Kier molecular flexibility index (Phi) is 37.1. The number of alkyl carbamates (subject to hydrolysis) is 2. The van der Waals surface area contributed by atoms with E-state index in [-0.39, 0.29) is 118 Å². The molecule has 0 aliphatic carbocycles. The van der Waals surface area contributed by atoms with E-state index in [1.807, 2.05) is 46.8 Å². The van der Waals surface area contributed by atoms with Gasteiger partial charge in [-0.1, -0.05) is 120 Å². The Morgan fingerprint density at radius 2 is 1.53 bits per heavy atom. The number of nitrogens with zero attached hydrogens (tertiary/aromatic N) is 1. The summed E-state index contributed by atoms with van der Waals surface area (Å²) >= 11 is 7.42. The standard InChI is InChI=1S/C64H95ClN10O15S/c1-12-45(23-18-32-67-56(79)47(25-20-34-69-61(66)84)72-57(80)54(41(2)3)73-51(76)26-14-13-17-37-75-53(78)39-50(91-11)59(75)82)40-88-62(85)70-35-21-36-71-63(86)89-46(29-28-44(6)65)24-19-33-68-58(81)55(64(7,8)9)74-52(77)27-16-15-22-42(4)38-43(5)48-30-31-49(87-10)60(83)90-48/h12,15-16,18-19,22-23,27-28,31-33,38,41,43,46-48,50,54-55H,1,13-14,17,20-21,24-26,29-30,34-37,39-40H2,2-11H3,(H,67,79)(H,68,81)(H,70,85)(H,71,86)(H,72,80)(H,73,76)(H,74,77)(H3,66,69,84)/b22-15-,27-16-,32-18+,33-19-,42-38+,44-28+,45-23+/t43-,46+,47-,48-,50?,54-,55+/m0/s1. The van der Waals surface area contributed by atoms with Crippen LogP contribution in [-0.4, -0.2) is 152 Å². The molecule has 91 heavy (non-hydrogen) atoms. The van der Waals surface area contributed by atoms with Gasteiger partial charge in [-0.25, -0.2) is 19.2 Å². The van der Waals surface area contributed by atoms with Gasteiger partial charge >= 0.3 is 24.2 Å². The average molecular weight is 1310 g/mol. The summed E-state index contributed by atoms with van der Waals surface area (Å²) < 4.78 is 21.4. The molecule has 1 fully saturated rings. The Hall–Kier alpha value is -8.13. The fourth-order valence-electron chi connectivity index (χ4n) is 8.84. The number of nitrogens with one attached hydrogen (secondary N) is 8. The lowest BCUT2D eigenvalue weighted by atomic mass is 9.86. The van der Waals surface area contributed by atoms with Gasteiger partial charge in [-0.05, 0) is 87.5 Å². The summed E-state index contributed by atoms with van der Waals surface area (Å²) in [6, 6.07) is -3.74. The number of cyclic esters (lactones) is 1. The molecule has 2 aliphatic heterocycles. The molecule has 0 aromatic carbocycles. The highest BCUT2D eigenvalue weighted by molar-refractivity contribution is 8.00. The van der Waals surface area contributed by atoms with Crippen molar-refractivity contribution in [2.45, 2.75) is 162 Å². The van der Waals surface area contributed by atoms with Crippen molar-refractivity contribution in [3.05, 3.63) is 108 Å². The molecule has 0 bridgehead atoms. The zero-order chi connectivity index (χ0) is 68.1. The van der Waals surface area contributed by atoms with Crippen LogP contribution in [0.15, 0.2) is 108 Å². The smallest absolute Gasteiger partial charge is 0.407 e. The summed E-state index contributed by atoms with van der Waals surface area (Å²) in [5.74, 6) is -3.64. The molecule has 7 atom stereocenters.